The average molecular weight is 266 g/mol. The lowest BCUT2D eigenvalue weighted by Crippen LogP contribution is -2.35. The molecule has 1 saturated heterocycles. The zero-order valence-electron chi connectivity index (χ0n) is 9.09. The van der Waals surface area contributed by atoms with Crippen molar-refractivity contribution >= 4 is 22.2 Å². The number of nitrogens with one attached hydrogen (secondary N) is 1. The molecule has 1 aromatic rings. The second-order valence-corrected chi connectivity index (χ2v) is 6.07. The van der Waals surface area contributed by atoms with Crippen LogP contribution in [0.4, 0.5) is 0 Å². The molecule has 1 aliphatic heterocycles. The molecule has 2 rings (SSSR count). The maximum Gasteiger partial charge on any atom is 0.184 e. The summed E-state index contributed by atoms with van der Waals surface area (Å²) in [6, 6.07) is 0. The molecule has 0 atom stereocenters. The first-order chi connectivity index (χ1) is 7.10. The molecule has 0 bridgehead atoms. The van der Waals surface area contributed by atoms with E-state index in [1.165, 1.54) is 10.9 Å². The number of nitrogens with zero attached hydrogens (tertiary/aromatic N) is 2. The van der Waals surface area contributed by atoms with E-state index in [2.05, 4.69) is 10.4 Å². The van der Waals surface area contributed by atoms with Crippen molar-refractivity contribution in [2.75, 3.05) is 13.1 Å². The van der Waals surface area contributed by atoms with Crippen molar-refractivity contribution in [1.82, 2.24) is 15.1 Å². The van der Waals surface area contributed by atoms with Gasteiger partial charge in [-0.25, -0.2) is 8.42 Å². The predicted molar refractivity (Wildman–Crippen MR) is 63.5 cm³/mol. The SMILES string of the molecule is Cl.Cn1cc(S(=O)(=O)C2CCNCC2)cn1. The van der Waals surface area contributed by atoms with Crippen LogP contribution >= 0.6 is 12.4 Å². The Morgan fingerprint density at radius 1 is 1.44 bits per heavy atom. The van der Waals surface area contributed by atoms with Gasteiger partial charge in [0.2, 0.25) is 0 Å². The molecule has 1 aliphatic rings. The largest absolute Gasteiger partial charge is 0.317 e. The smallest absolute Gasteiger partial charge is 0.184 e. The van der Waals surface area contributed by atoms with Crippen LogP contribution in [0.25, 0.3) is 0 Å². The highest BCUT2D eigenvalue weighted by Crippen LogP contribution is 2.21. The standard InChI is InChI=1S/C9H15N3O2S.ClH/c1-12-7-9(6-11-12)15(13,14)8-2-4-10-5-3-8;/h6-8,10H,2-5H2,1H3;1H. The highest BCUT2D eigenvalue weighted by Gasteiger charge is 2.29. The molecule has 1 aromatic heterocycles. The van der Waals surface area contributed by atoms with Gasteiger partial charge in [0.05, 0.1) is 11.4 Å². The van der Waals surface area contributed by atoms with Crippen molar-refractivity contribution in [1.29, 1.82) is 0 Å². The molecule has 0 spiro atoms. The normalized spacial score (nSPS) is 18.1. The Kier molecular flexibility index (Phi) is 4.35. The van der Waals surface area contributed by atoms with Crippen LogP contribution in [0.3, 0.4) is 0 Å². The fourth-order valence-electron chi connectivity index (χ4n) is 1.84. The minimum atomic E-state index is -3.16. The first-order valence-corrected chi connectivity index (χ1v) is 6.58. The zero-order valence-corrected chi connectivity index (χ0v) is 10.7. The summed E-state index contributed by atoms with van der Waals surface area (Å²) in [5.41, 5.74) is 0. The number of aromatic nitrogens is 2. The van der Waals surface area contributed by atoms with Crippen molar-refractivity contribution in [3.05, 3.63) is 12.4 Å². The average Bonchev–Trinajstić information content (AvgIpc) is 2.67. The lowest BCUT2D eigenvalue weighted by atomic mass is 10.2. The minimum Gasteiger partial charge on any atom is -0.317 e. The Labute approximate surface area is 102 Å². The highest BCUT2D eigenvalue weighted by molar-refractivity contribution is 7.92. The van der Waals surface area contributed by atoms with E-state index in [1.807, 2.05) is 0 Å². The van der Waals surface area contributed by atoms with Crippen LogP contribution in [-0.4, -0.2) is 36.5 Å². The molecule has 5 nitrogen and oxygen atoms in total. The van der Waals surface area contributed by atoms with Gasteiger partial charge in [0.1, 0.15) is 4.90 Å². The second kappa shape index (κ2) is 5.16. The molecule has 0 radical (unpaired) electrons. The van der Waals surface area contributed by atoms with E-state index in [-0.39, 0.29) is 17.7 Å². The van der Waals surface area contributed by atoms with Gasteiger partial charge in [-0.15, -0.1) is 12.4 Å². The van der Waals surface area contributed by atoms with Crippen molar-refractivity contribution in [2.45, 2.75) is 23.0 Å². The van der Waals surface area contributed by atoms with Crippen LogP contribution in [0.1, 0.15) is 12.8 Å². The summed E-state index contributed by atoms with van der Waals surface area (Å²) < 4.78 is 25.8. The van der Waals surface area contributed by atoms with Crippen molar-refractivity contribution in [3.63, 3.8) is 0 Å². The summed E-state index contributed by atoms with van der Waals surface area (Å²) in [5, 5.41) is 6.81. The number of aryl methyl sites for hydroxylation is 1. The van der Waals surface area contributed by atoms with Crippen molar-refractivity contribution < 1.29 is 8.42 Å². The summed E-state index contributed by atoms with van der Waals surface area (Å²) >= 11 is 0. The Hall–Kier alpha value is -0.590. The Balaban J connectivity index is 0.00000128. The number of hydrogen-bond acceptors (Lipinski definition) is 4. The van der Waals surface area contributed by atoms with Gasteiger partial charge in [-0.2, -0.15) is 5.10 Å². The molecule has 0 unspecified atom stereocenters. The molecule has 16 heavy (non-hydrogen) atoms. The summed E-state index contributed by atoms with van der Waals surface area (Å²) in [4.78, 5) is 0.344. The maximum absolute atomic E-state index is 12.1. The van der Waals surface area contributed by atoms with E-state index in [9.17, 15) is 8.42 Å². The summed E-state index contributed by atoms with van der Waals surface area (Å²) in [6.07, 6.45) is 4.38. The lowest BCUT2D eigenvalue weighted by molar-refractivity contribution is 0.496. The van der Waals surface area contributed by atoms with Crippen LogP contribution in [0.5, 0.6) is 0 Å². The van der Waals surface area contributed by atoms with E-state index < -0.39 is 9.84 Å². The summed E-state index contributed by atoms with van der Waals surface area (Å²) in [7, 11) is -1.44. The van der Waals surface area contributed by atoms with E-state index in [4.69, 9.17) is 0 Å². The summed E-state index contributed by atoms with van der Waals surface area (Å²) in [6.45, 7) is 1.56. The molecule has 7 heteroatoms. The Morgan fingerprint density at radius 2 is 2.06 bits per heavy atom. The molecule has 0 aromatic carbocycles. The molecular formula is C9H16ClN3O2S. The summed E-state index contributed by atoms with van der Waals surface area (Å²) in [5.74, 6) is 0. The highest BCUT2D eigenvalue weighted by atomic mass is 35.5. The van der Waals surface area contributed by atoms with Crippen molar-refractivity contribution in [3.8, 4) is 0 Å². The van der Waals surface area contributed by atoms with Crippen molar-refractivity contribution in [2.24, 2.45) is 7.05 Å². The molecule has 0 amide bonds. The van der Waals surface area contributed by atoms with Gasteiger partial charge in [-0.3, -0.25) is 4.68 Å². The van der Waals surface area contributed by atoms with Gasteiger partial charge in [-0.05, 0) is 25.9 Å². The van der Waals surface area contributed by atoms with Gasteiger partial charge in [0.15, 0.2) is 9.84 Å². The third-order valence-corrected chi connectivity index (χ3v) is 4.95. The van der Waals surface area contributed by atoms with Gasteiger partial charge < -0.3 is 5.32 Å². The molecule has 2 heterocycles. The van der Waals surface area contributed by atoms with Crippen LogP contribution in [0.15, 0.2) is 17.3 Å². The molecule has 92 valence electrons. The van der Waals surface area contributed by atoms with E-state index in [0.717, 1.165) is 13.1 Å². The molecule has 1 N–H and O–H groups in total. The van der Waals surface area contributed by atoms with E-state index in [1.54, 1.807) is 13.2 Å². The first-order valence-electron chi connectivity index (χ1n) is 5.04. The Morgan fingerprint density at radius 3 is 2.56 bits per heavy atom. The fraction of sp³-hybridized carbons (Fsp3) is 0.667. The number of sulfone groups is 1. The molecule has 0 saturated carbocycles. The quantitative estimate of drug-likeness (QED) is 0.839. The maximum atomic E-state index is 12.1. The third kappa shape index (κ3) is 2.56. The number of piperidine rings is 1. The minimum absolute atomic E-state index is 0. The van der Waals surface area contributed by atoms with Gasteiger partial charge in [0, 0.05) is 13.2 Å². The molecule has 0 aliphatic carbocycles. The zero-order chi connectivity index (χ0) is 10.9. The van der Waals surface area contributed by atoms with Gasteiger partial charge >= 0.3 is 0 Å². The van der Waals surface area contributed by atoms with E-state index >= 15 is 0 Å². The van der Waals surface area contributed by atoms with E-state index in [0.29, 0.717) is 17.7 Å². The Bertz CT molecular complexity index is 437. The number of halogens is 1. The van der Waals surface area contributed by atoms with Gasteiger partial charge in [-0.1, -0.05) is 0 Å². The van der Waals surface area contributed by atoms with Gasteiger partial charge in [0.25, 0.3) is 0 Å². The molecular weight excluding hydrogens is 250 g/mol. The first kappa shape index (κ1) is 13.5. The fourth-order valence-corrected chi connectivity index (χ4v) is 3.58. The van der Waals surface area contributed by atoms with Crippen LogP contribution in [0, 0.1) is 0 Å². The topological polar surface area (TPSA) is 64.0 Å². The van der Waals surface area contributed by atoms with Crippen LogP contribution in [0.2, 0.25) is 0 Å². The van der Waals surface area contributed by atoms with Crippen LogP contribution < -0.4 is 5.32 Å². The number of rotatable bonds is 2. The predicted octanol–water partition coefficient (Wildman–Crippen LogP) is 0.368. The molecule has 1 fully saturated rings. The van der Waals surface area contributed by atoms with Crippen LogP contribution in [-0.2, 0) is 16.9 Å². The lowest BCUT2D eigenvalue weighted by Gasteiger charge is -2.21. The third-order valence-electron chi connectivity index (χ3n) is 2.73. The second-order valence-electron chi connectivity index (χ2n) is 3.84. The number of hydrogen-bond donors (Lipinski definition) is 1. The monoisotopic (exact) mass is 265 g/mol.